The fraction of sp³-hybridized carbons (Fsp3) is 0.300. The first-order valence-corrected chi connectivity index (χ1v) is 4.64. The van der Waals surface area contributed by atoms with Gasteiger partial charge in [-0.2, -0.15) is 5.10 Å². The molecule has 0 aliphatic carbocycles. The Kier molecular flexibility index (Phi) is 2.26. The zero-order chi connectivity index (χ0) is 9.97. The van der Waals surface area contributed by atoms with Crippen LogP contribution in [0.2, 0.25) is 0 Å². The number of H-pyrrole nitrogens is 1. The lowest BCUT2D eigenvalue weighted by Gasteiger charge is -1.95. The van der Waals surface area contributed by atoms with Crippen molar-refractivity contribution in [1.82, 2.24) is 20.2 Å². The van der Waals surface area contributed by atoms with Gasteiger partial charge < -0.3 is 0 Å². The lowest BCUT2D eigenvalue weighted by Crippen LogP contribution is -1.85. The second kappa shape index (κ2) is 3.57. The van der Waals surface area contributed by atoms with Crippen molar-refractivity contribution < 1.29 is 0 Å². The number of aromatic amines is 1. The molecular weight excluding hydrogens is 176 g/mol. The Labute approximate surface area is 82.4 Å². The minimum absolute atomic E-state index is 0.743. The summed E-state index contributed by atoms with van der Waals surface area (Å²) in [6.07, 6.45) is 2.64. The van der Waals surface area contributed by atoms with E-state index < -0.39 is 0 Å². The molecular formula is C10H12N4. The third-order valence-electron chi connectivity index (χ3n) is 2.02. The summed E-state index contributed by atoms with van der Waals surface area (Å²) in [7, 11) is 0. The molecule has 2 aromatic rings. The van der Waals surface area contributed by atoms with Crippen molar-refractivity contribution in [3.63, 3.8) is 0 Å². The number of rotatable bonds is 2. The van der Waals surface area contributed by atoms with Crippen LogP contribution < -0.4 is 0 Å². The topological polar surface area (TPSA) is 54.5 Å². The van der Waals surface area contributed by atoms with Crippen LogP contribution in [0.1, 0.15) is 18.4 Å². The molecule has 0 aliphatic rings. The number of nitrogens with one attached hydrogen (secondary N) is 1. The maximum atomic E-state index is 4.35. The van der Waals surface area contributed by atoms with E-state index in [1.807, 2.05) is 26.0 Å². The Morgan fingerprint density at radius 3 is 2.93 bits per heavy atom. The Hall–Kier alpha value is -1.71. The number of hydrogen-bond acceptors (Lipinski definition) is 3. The molecule has 0 aliphatic heterocycles. The Morgan fingerprint density at radius 1 is 1.43 bits per heavy atom. The molecule has 2 aromatic heterocycles. The summed E-state index contributed by atoms with van der Waals surface area (Å²) >= 11 is 0. The van der Waals surface area contributed by atoms with Crippen LogP contribution in [0.3, 0.4) is 0 Å². The Morgan fingerprint density at radius 2 is 2.29 bits per heavy atom. The number of aryl methyl sites for hydroxylation is 2. The molecule has 72 valence electrons. The summed E-state index contributed by atoms with van der Waals surface area (Å²) in [6.45, 7) is 4.00. The molecule has 2 rings (SSSR count). The van der Waals surface area contributed by atoms with Gasteiger partial charge in [0.05, 0.1) is 0 Å². The standard InChI is InChI=1S/C10H12N4/c1-3-9-12-10(14-13-9)8-4-5-11-7(2)6-8/h4-6H,3H2,1-2H3,(H,12,13,14). The highest BCUT2D eigenvalue weighted by molar-refractivity contribution is 5.54. The van der Waals surface area contributed by atoms with Crippen LogP contribution >= 0.6 is 0 Å². The fourth-order valence-corrected chi connectivity index (χ4v) is 1.27. The highest BCUT2D eigenvalue weighted by Crippen LogP contribution is 2.14. The van der Waals surface area contributed by atoms with Gasteiger partial charge in [-0.1, -0.05) is 6.92 Å². The SMILES string of the molecule is CCc1nc(-c2ccnc(C)c2)n[nH]1. The summed E-state index contributed by atoms with van der Waals surface area (Å²) in [6, 6.07) is 3.89. The first kappa shape index (κ1) is 8.87. The second-order valence-electron chi connectivity index (χ2n) is 3.15. The van der Waals surface area contributed by atoms with Gasteiger partial charge in [0.2, 0.25) is 0 Å². The van der Waals surface area contributed by atoms with Crippen LogP contribution in [-0.4, -0.2) is 20.2 Å². The monoisotopic (exact) mass is 188 g/mol. The van der Waals surface area contributed by atoms with Crippen molar-refractivity contribution in [1.29, 1.82) is 0 Å². The fourth-order valence-electron chi connectivity index (χ4n) is 1.27. The van der Waals surface area contributed by atoms with Crippen molar-refractivity contribution in [2.75, 3.05) is 0 Å². The quantitative estimate of drug-likeness (QED) is 0.781. The maximum absolute atomic E-state index is 4.35. The molecule has 0 unspecified atom stereocenters. The molecule has 0 atom stereocenters. The van der Waals surface area contributed by atoms with Crippen LogP contribution in [0.25, 0.3) is 11.4 Å². The normalized spacial score (nSPS) is 10.4. The van der Waals surface area contributed by atoms with E-state index in [2.05, 4.69) is 20.2 Å². The van der Waals surface area contributed by atoms with E-state index in [0.717, 1.165) is 29.3 Å². The van der Waals surface area contributed by atoms with Gasteiger partial charge in [-0.15, -0.1) is 0 Å². The lowest BCUT2D eigenvalue weighted by molar-refractivity contribution is 0.946. The smallest absolute Gasteiger partial charge is 0.181 e. The Bertz CT molecular complexity index is 433. The third kappa shape index (κ3) is 1.64. The van der Waals surface area contributed by atoms with E-state index in [4.69, 9.17) is 0 Å². The summed E-state index contributed by atoms with van der Waals surface area (Å²) < 4.78 is 0. The van der Waals surface area contributed by atoms with Crippen molar-refractivity contribution in [2.45, 2.75) is 20.3 Å². The van der Waals surface area contributed by atoms with E-state index in [-0.39, 0.29) is 0 Å². The molecule has 14 heavy (non-hydrogen) atoms. The molecule has 0 bridgehead atoms. The van der Waals surface area contributed by atoms with Crippen molar-refractivity contribution in [3.05, 3.63) is 29.8 Å². The second-order valence-corrected chi connectivity index (χ2v) is 3.15. The van der Waals surface area contributed by atoms with Gasteiger partial charge in [0.25, 0.3) is 0 Å². The summed E-state index contributed by atoms with van der Waals surface area (Å²) in [5.41, 5.74) is 1.98. The van der Waals surface area contributed by atoms with E-state index in [9.17, 15) is 0 Å². The maximum Gasteiger partial charge on any atom is 0.181 e. The molecule has 0 aromatic carbocycles. The van der Waals surface area contributed by atoms with Gasteiger partial charge in [-0.3, -0.25) is 10.1 Å². The summed E-state index contributed by atoms with van der Waals surface area (Å²) in [5, 5.41) is 7.03. The minimum atomic E-state index is 0.743. The van der Waals surface area contributed by atoms with Crippen LogP contribution in [0.4, 0.5) is 0 Å². The summed E-state index contributed by atoms with van der Waals surface area (Å²) in [4.78, 5) is 8.47. The zero-order valence-corrected chi connectivity index (χ0v) is 8.28. The van der Waals surface area contributed by atoms with Gasteiger partial charge in [0, 0.05) is 23.9 Å². The van der Waals surface area contributed by atoms with Gasteiger partial charge in [-0.25, -0.2) is 4.98 Å². The zero-order valence-electron chi connectivity index (χ0n) is 8.28. The number of pyridine rings is 1. The van der Waals surface area contributed by atoms with Crippen LogP contribution in [-0.2, 0) is 6.42 Å². The van der Waals surface area contributed by atoms with Crippen molar-refractivity contribution in [2.24, 2.45) is 0 Å². The molecule has 2 heterocycles. The van der Waals surface area contributed by atoms with E-state index in [1.165, 1.54) is 0 Å². The molecule has 0 saturated heterocycles. The average Bonchev–Trinajstić information content (AvgIpc) is 2.66. The van der Waals surface area contributed by atoms with E-state index in [0.29, 0.717) is 0 Å². The predicted octanol–water partition coefficient (Wildman–Crippen LogP) is 1.74. The number of nitrogens with zero attached hydrogens (tertiary/aromatic N) is 3. The first-order valence-electron chi connectivity index (χ1n) is 4.64. The largest absolute Gasteiger partial charge is 0.263 e. The van der Waals surface area contributed by atoms with Gasteiger partial charge in [0.15, 0.2) is 5.82 Å². The molecule has 0 radical (unpaired) electrons. The van der Waals surface area contributed by atoms with E-state index >= 15 is 0 Å². The number of aromatic nitrogens is 4. The predicted molar refractivity (Wildman–Crippen MR) is 53.7 cm³/mol. The molecule has 4 nitrogen and oxygen atoms in total. The highest BCUT2D eigenvalue weighted by atomic mass is 15.2. The van der Waals surface area contributed by atoms with Gasteiger partial charge in [0.1, 0.15) is 5.82 Å². The van der Waals surface area contributed by atoms with Crippen molar-refractivity contribution in [3.8, 4) is 11.4 Å². The molecule has 0 amide bonds. The highest BCUT2D eigenvalue weighted by Gasteiger charge is 2.04. The third-order valence-corrected chi connectivity index (χ3v) is 2.02. The van der Waals surface area contributed by atoms with Gasteiger partial charge in [-0.05, 0) is 19.1 Å². The van der Waals surface area contributed by atoms with Crippen LogP contribution in [0, 0.1) is 6.92 Å². The van der Waals surface area contributed by atoms with Crippen LogP contribution in [0.15, 0.2) is 18.3 Å². The number of hydrogen-bond donors (Lipinski definition) is 1. The molecule has 0 spiro atoms. The molecule has 4 heteroatoms. The average molecular weight is 188 g/mol. The minimum Gasteiger partial charge on any atom is -0.263 e. The van der Waals surface area contributed by atoms with E-state index in [1.54, 1.807) is 6.20 Å². The Balaban J connectivity index is 2.39. The molecule has 0 fully saturated rings. The van der Waals surface area contributed by atoms with Crippen LogP contribution in [0.5, 0.6) is 0 Å². The van der Waals surface area contributed by atoms with Gasteiger partial charge >= 0.3 is 0 Å². The molecule has 0 saturated carbocycles. The lowest BCUT2D eigenvalue weighted by atomic mass is 10.2. The first-order chi connectivity index (χ1) is 6.79. The van der Waals surface area contributed by atoms with Crippen molar-refractivity contribution >= 4 is 0 Å². The molecule has 1 N–H and O–H groups in total. The summed E-state index contributed by atoms with van der Waals surface area (Å²) in [5.74, 6) is 1.65.